The molecule has 0 aliphatic carbocycles. The van der Waals surface area contributed by atoms with Crippen molar-refractivity contribution < 1.29 is 38.4 Å². The summed E-state index contributed by atoms with van der Waals surface area (Å²) in [4.78, 5) is 119. The van der Waals surface area contributed by atoms with Crippen LogP contribution >= 0.6 is 11.8 Å². The first kappa shape index (κ1) is 54.6. The number of nitrogens with one attached hydrogen (secondary N) is 10. The summed E-state index contributed by atoms with van der Waals surface area (Å²) in [6.45, 7) is 2.75. The van der Waals surface area contributed by atoms with E-state index in [1.54, 1.807) is 18.6 Å². The average molecular weight is 1020 g/mol. The fourth-order valence-corrected chi connectivity index (χ4v) is 8.92. The number of aromatic nitrogens is 3. The molecule has 0 fully saturated rings. The van der Waals surface area contributed by atoms with Crippen molar-refractivity contribution in [1.29, 1.82) is 0 Å². The first-order valence-electron chi connectivity index (χ1n) is 24.1. The quantitative estimate of drug-likeness (QED) is 0.0338. The van der Waals surface area contributed by atoms with Crippen molar-refractivity contribution in [2.45, 2.75) is 94.7 Å². The van der Waals surface area contributed by atoms with Crippen LogP contribution in [0.1, 0.15) is 49.8 Å². The smallest absolute Gasteiger partial charge is 0.243 e. The number of benzene rings is 3. The Morgan fingerprint density at radius 3 is 1.26 bits per heavy atom. The van der Waals surface area contributed by atoms with E-state index >= 15 is 0 Å². The van der Waals surface area contributed by atoms with Gasteiger partial charge < -0.3 is 69.4 Å². The first-order valence-corrected chi connectivity index (χ1v) is 25.4. The van der Waals surface area contributed by atoms with Crippen LogP contribution in [0.2, 0.25) is 0 Å². The van der Waals surface area contributed by atoms with Gasteiger partial charge in [0.25, 0.3) is 0 Å². The maximum absolute atomic E-state index is 14.9. The molecule has 21 nitrogen and oxygen atoms in total. The van der Waals surface area contributed by atoms with Gasteiger partial charge in [0.15, 0.2) is 0 Å². The minimum atomic E-state index is -1.35. The van der Waals surface area contributed by atoms with E-state index in [1.165, 1.54) is 25.6 Å². The third kappa shape index (κ3) is 14.7. The minimum Gasteiger partial charge on any atom is -0.368 e. The van der Waals surface area contributed by atoms with E-state index in [9.17, 15) is 38.4 Å². The Morgan fingerprint density at radius 2 is 0.863 bits per heavy atom. The lowest BCUT2D eigenvalue weighted by Gasteiger charge is -2.27. The normalized spacial score (nSPS) is 14.2. The van der Waals surface area contributed by atoms with Gasteiger partial charge in [0.1, 0.15) is 42.3 Å². The van der Waals surface area contributed by atoms with Gasteiger partial charge >= 0.3 is 0 Å². The molecule has 3 aromatic carbocycles. The summed E-state index contributed by atoms with van der Waals surface area (Å²) in [6.07, 6.45) is 7.70. The van der Waals surface area contributed by atoms with Gasteiger partial charge in [-0.3, -0.25) is 38.4 Å². The van der Waals surface area contributed by atoms with Gasteiger partial charge in [-0.1, -0.05) is 54.6 Å². The molecule has 0 spiro atoms. The van der Waals surface area contributed by atoms with E-state index in [-0.39, 0.29) is 45.2 Å². The second-order valence-corrected chi connectivity index (χ2v) is 18.8. The van der Waals surface area contributed by atoms with Crippen LogP contribution in [0, 0.1) is 0 Å². The summed E-state index contributed by atoms with van der Waals surface area (Å²) < 4.78 is 0. The zero-order valence-corrected chi connectivity index (χ0v) is 41.8. The maximum atomic E-state index is 14.9. The number of primary amides is 1. The lowest BCUT2D eigenvalue weighted by molar-refractivity contribution is -0.135. The monoisotopic (exact) mass is 1020 g/mol. The molecule has 0 aliphatic rings. The van der Waals surface area contributed by atoms with E-state index in [4.69, 9.17) is 17.2 Å². The van der Waals surface area contributed by atoms with Crippen LogP contribution in [0.15, 0.2) is 91.4 Å². The third-order valence-electron chi connectivity index (χ3n) is 12.5. The fraction of sp³-hybridized carbons (Fsp3) is 0.373. The second kappa shape index (κ2) is 26.1. The molecule has 388 valence electrons. The zero-order valence-electron chi connectivity index (χ0n) is 41.0. The zero-order chi connectivity index (χ0) is 52.6. The molecular formula is C51H65N13O8S. The maximum Gasteiger partial charge on any atom is 0.243 e. The van der Waals surface area contributed by atoms with E-state index in [1.807, 2.05) is 79.1 Å². The van der Waals surface area contributed by atoms with Crippen LogP contribution in [0.4, 0.5) is 0 Å². The number of H-pyrrole nitrogens is 3. The molecular weight excluding hydrogens is 955 g/mol. The van der Waals surface area contributed by atoms with E-state index in [0.717, 1.165) is 32.7 Å². The predicted molar refractivity (Wildman–Crippen MR) is 280 cm³/mol. The predicted octanol–water partition coefficient (Wildman–Crippen LogP) is 0.528. The highest BCUT2D eigenvalue weighted by molar-refractivity contribution is 7.98. The van der Waals surface area contributed by atoms with Crippen LogP contribution in [-0.2, 0) is 57.6 Å². The number of rotatable bonds is 27. The number of carbonyl (C=O) groups is 8. The van der Waals surface area contributed by atoms with Gasteiger partial charge in [-0.05, 0) is 86.6 Å². The van der Waals surface area contributed by atoms with Crippen molar-refractivity contribution in [1.82, 2.24) is 52.2 Å². The molecule has 8 amide bonds. The summed E-state index contributed by atoms with van der Waals surface area (Å²) in [6, 6.07) is 13.8. The van der Waals surface area contributed by atoms with E-state index < -0.39 is 89.6 Å². The van der Waals surface area contributed by atoms with Crippen molar-refractivity contribution >= 4 is 91.7 Å². The number of hydrogen-bond donors (Lipinski definition) is 13. The molecule has 7 atom stereocenters. The summed E-state index contributed by atoms with van der Waals surface area (Å²) in [7, 11) is 0. The number of carbonyl (C=O) groups excluding carboxylic acids is 8. The van der Waals surface area contributed by atoms with Crippen molar-refractivity contribution in [3.63, 3.8) is 0 Å². The van der Waals surface area contributed by atoms with Crippen LogP contribution < -0.4 is 54.4 Å². The molecule has 0 aliphatic heterocycles. The van der Waals surface area contributed by atoms with Gasteiger partial charge in [0.05, 0.1) is 6.54 Å². The molecule has 6 aromatic rings. The first-order chi connectivity index (χ1) is 35.1. The number of hydrogen-bond acceptors (Lipinski definition) is 11. The molecule has 0 unspecified atom stereocenters. The molecule has 3 heterocycles. The Hall–Kier alpha value is -7.69. The Labute approximate surface area is 425 Å². The highest BCUT2D eigenvalue weighted by Gasteiger charge is 2.34. The van der Waals surface area contributed by atoms with Gasteiger partial charge in [-0.2, -0.15) is 11.8 Å². The molecule has 22 heteroatoms. The molecule has 6 rings (SSSR count). The molecule has 3 aromatic heterocycles. The van der Waals surface area contributed by atoms with Gasteiger partial charge in [0.2, 0.25) is 47.3 Å². The second-order valence-electron chi connectivity index (χ2n) is 17.8. The largest absolute Gasteiger partial charge is 0.368 e. The number of amides is 8. The topological polar surface area (TPSA) is 346 Å². The van der Waals surface area contributed by atoms with Crippen molar-refractivity contribution in [3.05, 3.63) is 108 Å². The van der Waals surface area contributed by atoms with Gasteiger partial charge in [-0.15, -0.1) is 0 Å². The number of aromatic amines is 3. The van der Waals surface area contributed by atoms with Gasteiger partial charge in [-0.25, -0.2) is 0 Å². The lowest BCUT2D eigenvalue weighted by Crippen LogP contribution is -2.60. The van der Waals surface area contributed by atoms with Crippen molar-refractivity contribution in [2.24, 2.45) is 17.2 Å². The van der Waals surface area contributed by atoms with Crippen LogP contribution in [-0.4, -0.2) is 130 Å². The minimum absolute atomic E-state index is 0.0215. The Balaban J connectivity index is 1.27. The van der Waals surface area contributed by atoms with E-state index in [2.05, 4.69) is 52.2 Å². The summed E-state index contributed by atoms with van der Waals surface area (Å²) in [5.74, 6) is -5.06. The van der Waals surface area contributed by atoms with Crippen molar-refractivity contribution in [3.8, 4) is 0 Å². The molecule has 73 heavy (non-hydrogen) atoms. The average Bonchev–Trinajstić information content (AvgIpc) is 4.12. The molecule has 0 radical (unpaired) electrons. The van der Waals surface area contributed by atoms with Crippen molar-refractivity contribution in [2.75, 3.05) is 25.1 Å². The Bertz CT molecular complexity index is 2920. The third-order valence-corrected chi connectivity index (χ3v) is 13.1. The number of fused-ring (bicyclic) bond motifs is 3. The highest BCUT2D eigenvalue weighted by atomic mass is 32.2. The summed E-state index contributed by atoms with van der Waals surface area (Å²) in [5, 5.41) is 21.3. The fourth-order valence-electron chi connectivity index (χ4n) is 8.45. The standard InChI is InChI=1S/C51H65N13O8S/c1-28(59-48(69)40(18-20-73-3)60-44(65)24-53)46(67)58-29(2)47(68)62-41(21-30-25-55-36-14-7-4-11-33(30)36)50(71)64-43(23-32-27-57-38-16-9-6-13-35(32)38)51(72)63-42(49(70)61-39(45(54)66)17-10-19-52)22-31-26-56-37-15-8-5-12-34(31)37/h4-9,11-16,25-29,39-43,55-57H,10,17-24,52-53H2,1-3H3,(H2,54,66)(H,58,67)(H,59,69)(H,60,65)(H,61,70)(H,62,68)(H,63,72)(H,64,71)/t28-,29+,39-,40-,41-,42+,43+/m0/s1. The lowest BCUT2D eigenvalue weighted by atomic mass is 10.00. The van der Waals surface area contributed by atoms with Crippen LogP contribution in [0.5, 0.6) is 0 Å². The number of nitrogens with two attached hydrogens (primary N) is 3. The Morgan fingerprint density at radius 1 is 0.493 bits per heavy atom. The molecule has 16 N–H and O–H groups in total. The van der Waals surface area contributed by atoms with E-state index in [0.29, 0.717) is 28.9 Å². The highest BCUT2D eigenvalue weighted by Crippen LogP contribution is 2.23. The Kier molecular flexibility index (Phi) is 19.6. The summed E-state index contributed by atoms with van der Waals surface area (Å²) in [5.41, 5.74) is 21.2. The SMILES string of the molecule is CSCC[C@H](NC(=O)CN)C(=O)N[C@@H](C)C(=O)N[C@H](C)C(=O)N[C@@H](Cc1c[nH]c2ccccc12)C(=O)N[C@H](Cc1c[nH]c2ccccc12)C(=O)N[C@H](Cc1c[nH]c2ccccc12)C(=O)N[C@@H](CCCN)C(N)=O. The van der Waals surface area contributed by atoms with Crippen LogP contribution in [0.25, 0.3) is 32.7 Å². The molecule has 0 bridgehead atoms. The number of para-hydroxylation sites is 3. The number of thioether (sulfide) groups is 1. The van der Waals surface area contributed by atoms with Crippen LogP contribution in [0.3, 0.4) is 0 Å². The van der Waals surface area contributed by atoms with Gasteiger partial charge in [0, 0.05) is 70.6 Å². The molecule has 0 saturated carbocycles. The molecule has 0 saturated heterocycles. The summed E-state index contributed by atoms with van der Waals surface area (Å²) >= 11 is 1.47.